The lowest BCUT2D eigenvalue weighted by atomic mass is 9.96. The Hall–Kier alpha value is -2.67. The SMILES string of the molecule is CCn1c([C@H]2CCCN(Cc3ccccc3Cn3cccn3)C2)n[nH]c1=O. The summed E-state index contributed by atoms with van der Waals surface area (Å²) in [6.45, 7) is 6.36. The fourth-order valence-corrected chi connectivity index (χ4v) is 4.03. The van der Waals surface area contributed by atoms with Gasteiger partial charge < -0.3 is 0 Å². The molecular weight excluding hydrogens is 340 g/mol. The van der Waals surface area contributed by atoms with E-state index in [-0.39, 0.29) is 5.69 Å². The summed E-state index contributed by atoms with van der Waals surface area (Å²) in [5, 5.41) is 11.3. The first-order valence-electron chi connectivity index (χ1n) is 9.66. The number of aromatic nitrogens is 5. The predicted molar refractivity (Wildman–Crippen MR) is 104 cm³/mol. The van der Waals surface area contributed by atoms with E-state index in [9.17, 15) is 4.79 Å². The lowest BCUT2D eigenvalue weighted by Gasteiger charge is -2.32. The molecule has 142 valence electrons. The van der Waals surface area contributed by atoms with Gasteiger partial charge >= 0.3 is 5.69 Å². The van der Waals surface area contributed by atoms with Crippen molar-refractivity contribution in [1.82, 2.24) is 29.4 Å². The third kappa shape index (κ3) is 3.88. The van der Waals surface area contributed by atoms with Gasteiger partial charge in [-0.1, -0.05) is 24.3 Å². The largest absolute Gasteiger partial charge is 0.343 e. The number of likely N-dealkylation sites (tertiary alicyclic amines) is 1. The molecule has 1 atom stereocenters. The Bertz CT molecular complexity index is 926. The van der Waals surface area contributed by atoms with Crippen molar-refractivity contribution in [2.75, 3.05) is 13.1 Å². The molecule has 7 nitrogen and oxygen atoms in total. The number of hydrogen-bond acceptors (Lipinski definition) is 4. The molecule has 2 aromatic heterocycles. The van der Waals surface area contributed by atoms with Gasteiger partial charge in [0.15, 0.2) is 0 Å². The van der Waals surface area contributed by atoms with Crippen LogP contribution in [0.5, 0.6) is 0 Å². The maximum atomic E-state index is 11.9. The first-order valence-corrected chi connectivity index (χ1v) is 9.66. The number of nitrogens with one attached hydrogen (secondary N) is 1. The van der Waals surface area contributed by atoms with Crippen LogP contribution in [0, 0.1) is 0 Å². The minimum Gasteiger partial charge on any atom is -0.298 e. The predicted octanol–water partition coefficient (Wildman–Crippen LogP) is 2.22. The van der Waals surface area contributed by atoms with Gasteiger partial charge in [0.1, 0.15) is 5.82 Å². The number of piperidine rings is 1. The van der Waals surface area contributed by atoms with Gasteiger partial charge in [0.2, 0.25) is 0 Å². The molecule has 0 saturated carbocycles. The lowest BCUT2D eigenvalue weighted by Crippen LogP contribution is -2.35. The molecule has 1 saturated heterocycles. The average Bonchev–Trinajstić information content (AvgIpc) is 3.33. The highest BCUT2D eigenvalue weighted by molar-refractivity contribution is 5.27. The Kier molecular flexibility index (Phi) is 5.20. The normalized spacial score (nSPS) is 18.0. The number of H-pyrrole nitrogens is 1. The van der Waals surface area contributed by atoms with Crippen LogP contribution >= 0.6 is 0 Å². The van der Waals surface area contributed by atoms with E-state index in [0.717, 1.165) is 44.8 Å². The van der Waals surface area contributed by atoms with Gasteiger partial charge in [0, 0.05) is 37.9 Å². The molecule has 3 heterocycles. The molecule has 1 N–H and O–H groups in total. The smallest absolute Gasteiger partial charge is 0.298 e. The van der Waals surface area contributed by atoms with E-state index >= 15 is 0 Å². The van der Waals surface area contributed by atoms with Crippen LogP contribution in [-0.4, -0.2) is 42.5 Å². The first kappa shape index (κ1) is 17.7. The Balaban J connectivity index is 1.49. The van der Waals surface area contributed by atoms with Crippen LogP contribution in [-0.2, 0) is 19.6 Å². The number of nitrogens with zero attached hydrogens (tertiary/aromatic N) is 5. The molecule has 0 bridgehead atoms. The first-order chi connectivity index (χ1) is 13.2. The summed E-state index contributed by atoms with van der Waals surface area (Å²) in [5.41, 5.74) is 2.53. The summed E-state index contributed by atoms with van der Waals surface area (Å²) in [7, 11) is 0. The van der Waals surface area contributed by atoms with Crippen LogP contribution in [0.2, 0.25) is 0 Å². The van der Waals surface area contributed by atoms with Crippen LogP contribution in [0.25, 0.3) is 0 Å². The number of aromatic amines is 1. The van der Waals surface area contributed by atoms with Gasteiger partial charge in [-0.3, -0.25) is 14.1 Å². The molecule has 1 aliphatic heterocycles. The zero-order valence-electron chi connectivity index (χ0n) is 15.7. The van der Waals surface area contributed by atoms with E-state index in [4.69, 9.17) is 0 Å². The van der Waals surface area contributed by atoms with Crippen LogP contribution < -0.4 is 5.69 Å². The molecule has 0 radical (unpaired) electrons. The molecular formula is C20H26N6O. The number of hydrogen-bond donors (Lipinski definition) is 1. The molecule has 0 unspecified atom stereocenters. The van der Waals surface area contributed by atoms with Crippen molar-refractivity contribution in [2.45, 2.75) is 45.3 Å². The Labute approximate surface area is 158 Å². The topological polar surface area (TPSA) is 71.7 Å². The molecule has 4 rings (SSSR count). The van der Waals surface area contributed by atoms with Gasteiger partial charge in [0.05, 0.1) is 6.54 Å². The second-order valence-corrected chi connectivity index (χ2v) is 7.18. The minimum atomic E-state index is -0.103. The Morgan fingerprint density at radius 2 is 2.00 bits per heavy atom. The number of rotatable bonds is 6. The van der Waals surface area contributed by atoms with Crippen LogP contribution in [0.15, 0.2) is 47.5 Å². The van der Waals surface area contributed by atoms with Crippen LogP contribution in [0.1, 0.15) is 42.6 Å². The van der Waals surface area contributed by atoms with E-state index in [1.54, 1.807) is 4.57 Å². The van der Waals surface area contributed by atoms with Crippen molar-refractivity contribution in [3.8, 4) is 0 Å². The van der Waals surface area contributed by atoms with Gasteiger partial charge in [-0.2, -0.15) is 10.2 Å². The molecule has 7 heteroatoms. The molecule has 3 aromatic rings. The van der Waals surface area contributed by atoms with Crippen molar-refractivity contribution in [3.63, 3.8) is 0 Å². The average molecular weight is 366 g/mol. The highest BCUT2D eigenvalue weighted by Gasteiger charge is 2.26. The molecule has 1 aliphatic rings. The minimum absolute atomic E-state index is 0.103. The van der Waals surface area contributed by atoms with Crippen molar-refractivity contribution >= 4 is 0 Å². The lowest BCUT2D eigenvalue weighted by molar-refractivity contribution is 0.194. The molecule has 0 spiro atoms. The van der Waals surface area contributed by atoms with E-state index in [0.29, 0.717) is 12.5 Å². The maximum absolute atomic E-state index is 11.9. The van der Waals surface area contributed by atoms with E-state index in [1.807, 2.05) is 30.1 Å². The molecule has 27 heavy (non-hydrogen) atoms. The number of benzene rings is 1. The fraction of sp³-hybridized carbons (Fsp3) is 0.450. The van der Waals surface area contributed by atoms with Crippen LogP contribution in [0.3, 0.4) is 0 Å². The highest BCUT2D eigenvalue weighted by atomic mass is 16.1. The summed E-state index contributed by atoms with van der Waals surface area (Å²) in [6, 6.07) is 10.5. The molecule has 1 fully saturated rings. The van der Waals surface area contributed by atoms with Gasteiger partial charge in [0.25, 0.3) is 0 Å². The van der Waals surface area contributed by atoms with E-state index in [1.165, 1.54) is 11.1 Å². The van der Waals surface area contributed by atoms with Crippen molar-refractivity contribution in [1.29, 1.82) is 0 Å². The summed E-state index contributed by atoms with van der Waals surface area (Å²) in [4.78, 5) is 14.4. The standard InChI is InChI=1S/C20H26N6O/c1-2-26-19(22-23-20(26)27)18-9-5-11-24(14-18)13-16-7-3-4-8-17(16)15-25-12-6-10-21-25/h3-4,6-8,10,12,18H,2,5,9,11,13-15H2,1H3,(H,23,27)/t18-/m0/s1. The summed E-state index contributed by atoms with van der Waals surface area (Å²) in [5.74, 6) is 1.20. The zero-order chi connectivity index (χ0) is 18.6. The maximum Gasteiger partial charge on any atom is 0.343 e. The second-order valence-electron chi connectivity index (χ2n) is 7.18. The zero-order valence-corrected chi connectivity index (χ0v) is 15.7. The summed E-state index contributed by atoms with van der Waals surface area (Å²) >= 11 is 0. The third-order valence-electron chi connectivity index (χ3n) is 5.38. The van der Waals surface area contributed by atoms with Crippen molar-refractivity contribution in [3.05, 3.63) is 70.2 Å². The summed E-state index contributed by atoms with van der Waals surface area (Å²) in [6.07, 6.45) is 6.01. The van der Waals surface area contributed by atoms with E-state index in [2.05, 4.69) is 44.5 Å². The fourth-order valence-electron chi connectivity index (χ4n) is 4.03. The molecule has 0 amide bonds. The quantitative estimate of drug-likeness (QED) is 0.726. The van der Waals surface area contributed by atoms with E-state index < -0.39 is 0 Å². The van der Waals surface area contributed by atoms with Gasteiger partial charge in [-0.05, 0) is 43.5 Å². The van der Waals surface area contributed by atoms with Gasteiger partial charge in [-0.15, -0.1) is 0 Å². The van der Waals surface area contributed by atoms with Gasteiger partial charge in [-0.25, -0.2) is 9.89 Å². The summed E-state index contributed by atoms with van der Waals surface area (Å²) < 4.78 is 3.72. The molecule has 0 aliphatic carbocycles. The Morgan fingerprint density at radius 3 is 2.74 bits per heavy atom. The van der Waals surface area contributed by atoms with Crippen molar-refractivity contribution < 1.29 is 0 Å². The third-order valence-corrected chi connectivity index (χ3v) is 5.38. The Morgan fingerprint density at radius 1 is 1.19 bits per heavy atom. The second kappa shape index (κ2) is 7.92. The highest BCUT2D eigenvalue weighted by Crippen LogP contribution is 2.26. The van der Waals surface area contributed by atoms with Crippen molar-refractivity contribution in [2.24, 2.45) is 0 Å². The molecule has 1 aromatic carbocycles. The monoisotopic (exact) mass is 366 g/mol. The van der Waals surface area contributed by atoms with Crippen LogP contribution in [0.4, 0.5) is 0 Å².